The van der Waals surface area contributed by atoms with Crippen molar-refractivity contribution in [3.63, 3.8) is 0 Å². The largest absolute Gasteiger partial charge is 0.494 e. The lowest BCUT2D eigenvalue weighted by Crippen LogP contribution is -2.54. The van der Waals surface area contributed by atoms with Gasteiger partial charge in [0, 0.05) is 31.9 Å². The van der Waals surface area contributed by atoms with E-state index in [9.17, 15) is 9.59 Å². The Morgan fingerprint density at radius 2 is 1.74 bits per heavy atom. The molecule has 2 aliphatic rings. The Hall–Kier alpha value is -3.26. The normalized spacial score (nSPS) is 18.4. The summed E-state index contributed by atoms with van der Waals surface area (Å²) in [5.74, 6) is 1.88. The zero-order valence-electron chi connectivity index (χ0n) is 17.6. The van der Waals surface area contributed by atoms with E-state index in [1.807, 2.05) is 54.3 Å². The molecule has 2 aromatic rings. The number of nitrogens with one attached hydrogen (secondary N) is 1. The topological polar surface area (TPSA) is 80.3 Å². The Kier molecular flexibility index (Phi) is 6.57. The number of benzene rings is 2. The van der Waals surface area contributed by atoms with Crippen LogP contribution in [0.4, 0.5) is 5.69 Å². The molecule has 4 rings (SSSR count). The summed E-state index contributed by atoms with van der Waals surface area (Å²) in [6.45, 7) is 5.39. The van der Waals surface area contributed by atoms with Crippen LogP contribution in [0.3, 0.4) is 0 Å². The highest BCUT2D eigenvalue weighted by molar-refractivity contribution is 5.92. The van der Waals surface area contributed by atoms with Crippen molar-refractivity contribution in [3.8, 4) is 17.2 Å². The fraction of sp³-hybridized carbons (Fsp3) is 0.391. The number of amides is 2. The summed E-state index contributed by atoms with van der Waals surface area (Å²) in [6, 6.07) is 14.7. The summed E-state index contributed by atoms with van der Waals surface area (Å²) >= 11 is 0. The van der Waals surface area contributed by atoms with Crippen molar-refractivity contribution < 1.29 is 23.8 Å². The molecule has 0 bridgehead atoms. The minimum Gasteiger partial charge on any atom is -0.494 e. The van der Waals surface area contributed by atoms with E-state index in [1.165, 1.54) is 0 Å². The standard InChI is InChI=1S/C23H27N3O5/c1-2-29-18-9-7-17(8-10-18)24-22(27)15-25-11-13-26(14-12-25)23(28)21-16-30-19-5-3-4-6-20(19)31-21/h3-10,21H,2,11-16H2,1H3,(H,24,27)/t21-/m0/s1. The molecule has 164 valence electrons. The van der Waals surface area contributed by atoms with Crippen LogP contribution in [0, 0.1) is 0 Å². The van der Waals surface area contributed by atoms with E-state index in [2.05, 4.69) is 5.32 Å². The van der Waals surface area contributed by atoms with Crippen molar-refractivity contribution >= 4 is 17.5 Å². The van der Waals surface area contributed by atoms with E-state index in [0.717, 1.165) is 11.4 Å². The molecule has 1 atom stereocenters. The van der Waals surface area contributed by atoms with Crippen LogP contribution in [0.2, 0.25) is 0 Å². The maximum atomic E-state index is 12.8. The number of piperazine rings is 1. The molecule has 2 aliphatic heterocycles. The molecule has 31 heavy (non-hydrogen) atoms. The maximum Gasteiger partial charge on any atom is 0.267 e. The van der Waals surface area contributed by atoms with Gasteiger partial charge < -0.3 is 24.4 Å². The third-order valence-electron chi connectivity index (χ3n) is 5.28. The Labute approximate surface area is 181 Å². The van der Waals surface area contributed by atoms with Crippen LogP contribution in [0.25, 0.3) is 0 Å². The van der Waals surface area contributed by atoms with Crippen molar-refractivity contribution in [1.29, 1.82) is 0 Å². The minimum atomic E-state index is -0.635. The van der Waals surface area contributed by atoms with Crippen LogP contribution in [-0.2, 0) is 9.59 Å². The molecule has 0 aromatic heterocycles. The highest BCUT2D eigenvalue weighted by Crippen LogP contribution is 2.31. The number of para-hydroxylation sites is 2. The predicted octanol–water partition coefficient (Wildman–Crippen LogP) is 2.01. The van der Waals surface area contributed by atoms with E-state index in [-0.39, 0.29) is 25.0 Å². The summed E-state index contributed by atoms with van der Waals surface area (Å²) in [7, 11) is 0. The number of anilines is 1. The molecule has 2 heterocycles. The van der Waals surface area contributed by atoms with Gasteiger partial charge in [0.15, 0.2) is 11.5 Å². The highest BCUT2D eigenvalue weighted by atomic mass is 16.6. The molecule has 0 saturated carbocycles. The number of carbonyl (C=O) groups excluding carboxylic acids is 2. The van der Waals surface area contributed by atoms with Gasteiger partial charge in [0.1, 0.15) is 12.4 Å². The lowest BCUT2D eigenvalue weighted by atomic mass is 10.2. The van der Waals surface area contributed by atoms with Gasteiger partial charge in [0.2, 0.25) is 12.0 Å². The number of hydrogen-bond acceptors (Lipinski definition) is 6. The smallest absolute Gasteiger partial charge is 0.267 e. The highest BCUT2D eigenvalue weighted by Gasteiger charge is 2.32. The van der Waals surface area contributed by atoms with Crippen molar-refractivity contribution in [3.05, 3.63) is 48.5 Å². The van der Waals surface area contributed by atoms with Crippen LogP contribution in [0.1, 0.15) is 6.92 Å². The molecule has 8 nitrogen and oxygen atoms in total. The van der Waals surface area contributed by atoms with E-state index in [4.69, 9.17) is 14.2 Å². The SMILES string of the molecule is CCOc1ccc(NC(=O)CN2CCN(C(=O)[C@@H]3COc4ccccc4O3)CC2)cc1. The summed E-state index contributed by atoms with van der Waals surface area (Å²) in [4.78, 5) is 29.0. The first kappa shape index (κ1) is 21.0. The van der Waals surface area contributed by atoms with Crippen LogP contribution < -0.4 is 19.5 Å². The summed E-state index contributed by atoms with van der Waals surface area (Å²) < 4.78 is 16.9. The third-order valence-corrected chi connectivity index (χ3v) is 5.28. The maximum absolute atomic E-state index is 12.8. The lowest BCUT2D eigenvalue weighted by Gasteiger charge is -2.36. The first-order chi connectivity index (χ1) is 15.1. The molecule has 0 spiro atoms. The van der Waals surface area contributed by atoms with Gasteiger partial charge in [-0.1, -0.05) is 12.1 Å². The number of carbonyl (C=O) groups is 2. The molecule has 0 radical (unpaired) electrons. The molecule has 1 saturated heterocycles. The van der Waals surface area contributed by atoms with Crippen LogP contribution in [0.5, 0.6) is 17.2 Å². The molecular formula is C23H27N3O5. The van der Waals surface area contributed by atoms with Crippen molar-refractivity contribution in [2.45, 2.75) is 13.0 Å². The van der Waals surface area contributed by atoms with Gasteiger partial charge in [-0.15, -0.1) is 0 Å². The Bertz CT molecular complexity index is 910. The fourth-order valence-electron chi connectivity index (χ4n) is 3.68. The van der Waals surface area contributed by atoms with Crippen molar-refractivity contribution in [1.82, 2.24) is 9.80 Å². The van der Waals surface area contributed by atoms with Gasteiger partial charge in [-0.25, -0.2) is 0 Å². The molecular weight excluding hydrogens is 398 g/mol. The average molecular weight is 425 g/mol. The number of ether oxygens (including phenoxy) is 3. The monoisotopic (exact) mass is 425 g/mol. The zero-order chi connectivity index (χ0) is 21.6. The van der Waals surface area contributed by atoms with Crippen LogP contribution in [0.15, 0.2) is 48.5 Å². The lowest BCUT2D eigenvalue weighted by molar-refractivity contribution is -0.143. The van der Waals surface area contributed by atoms with Gasteiger partial charge in [0.05, 0.1) is 13.2 Å². The van der Waals surface area contributed by atoms with Gasteiger partial charge >= 0.3 is 0 Å². The Morgan fingerprint density at radius 1 is 1.03 bits per heavy atom. The molecule has 8 heteroatoms. The second-order valence-corrected chi connectivity index (χ2v) is 7.47. The summed E-state index contributed by atoms with van der Waals surface area (Å²) in [6.07, 6.45) is -0.635. The quantitative estimate of drug-likeness (QED) is 0.763. The van der Waals surface area contributed by atoms with E-state index in [0.29, 0.717) is 44.3 Å². The Balaban J connectivity index is 1.22. The number of rotatable bonds is 6. The molecule has 1 N–H and O–H groups in total. The molecule has 2 aromatic carbocycles. The predicted molar refractivity (Wildman–Crippen MR) is 116 cm³/mol. The van der Waals surface area contributed by atoms with Crippen molar-refractivity contribution in [2.75, 3.05) is 51.3 Å². The number of nitrogens with zero attached hydrogens (tertiary/aromatic N) is 2. The second-order valence-electron chi connectivity index (χ2n) is 7.47. The van der Waals surface area contributed by atoms with E-state index < -0.39 is 6.10 Å². The first-order valence-electron chi connectivity index (χ1n) is 10.5. The van der Waals surface area contributed by atoms with E-state index >= 15 is 0 Å². The minimum absolute atomic E-state index is 0.0759. The third kappa shape index (κ3) is 5.27. The van der Waals surface area contributed by atoms with Crippen LogP contribution >= 0.6 is 0 Å². The molecule has 1 fully saturated rings. The molecule has 0 unspecified atom stereocenters. The van der Waals surface area contributed by atoms with Gasteiger partial charge in [0.25, 0.3) is 5.91 Å². The average Bonchev–Trinajstić information content (AvgIpc) is 2.80. The number of hydrogen-bond donors (Lipinski definition) is 1. The van der Waals surface area contributed by atoms with Crippen LogP contribution in [-0.4, -0.2) is 73.7 Å². The van der Waals surface area contributed by atoms with Gasteiger partial charge in [-0.2, -0.15) is 0 Å². The Morgan fingerprint density at radius 3 is 2.45 bits per heavy atom. The van der Waals surface area contributed by atoms with Gasteiger partial charge in [-0.3, -0.25) is 14.5 Å². The van der Waals surface area contributed by atoms with Gasteiger partial charge in [-0.05, 0) is 43.3 Å². The van der Waals surface area contributed by atoms with E-state index in [1.54, 1.807) is 11.0 Å². The number of fused-ring (bicyclic) bond motifs is 1. The second kappa shape index (κ2) is 9.70. The fourth-order valence-corrected chi connectivity index (χ4v) is 3.68. The summed E-state index contributed by atoms with van der Waals surface area (Å²) in [5, 5.41) is 2.90. The first-order valence-corrected chi connectivity index (χ1v) is 10.5. The summed E-state index contributed by atoms with van der Waals surface area (Å²) in [5.41, 5.74) is 0.733. The zero-order valence-corrected chi connectivity index (χ0v) is 17.6. The van der Waals surface area contributed by atoms with Crippen molar-refractivity contribution in [2.24, 2.45) is 0 Å². The molecule has 0 aliphatic carbocycles. The molecule has 2 amide bonds.